The van der Waals surface area contributed by atoms with Crippen molar-refractivity contribution in [3.63, 3.8) is 0 Å². The van der Waals surface area contributed by atoms with E-state index in [1.807, 2.05) is 0 Å². The predicted molar refractivity (Wildman–Crippen MR) is 38.3 cm³/mol. The number of fused-ring (bicyclic) bond motifs is 1. The summed E-state index contributed by atoms with van der Waals surface area (Å²) in [6.07, 6.45) is 1.99. The highest BCUT2D eigenvalue weighted by molar-refractivity contribution is 5.50. The number of anilines is 2. The minimum absolute atomic E-state index is 0.288. The summed E-state index contributed by atoms with van der Waals surface area (Å²) in [5, 5.41) is 0. The molecule has 10 heavy (non-hydrogen) atoms. The normalized spacial score (nSPS) is 14.0. The molecule has 0 amide bonds. The molecule has 0 aromatic carbocycles. The molecule has 1 aliphatic rings. The molecule has 52 valence electrons. The number of nitrogens with two attached hydrogens (primary N) is 2. The number of hydrogen-bond acceptors (Lipinski definition) is 4. The van der Waals surface area contributed by atoms with E-state index in [9.17, 15) is 0 Å². The third kappa shape index (κ3) is 0.556. The fraction of sp³-hybridized carbons (Fsp3) is 0.333. The number of aryl methyl sites for hydroxylation is 1. The van der Waals surface area contributed by atoms with Crippen molar-refractivity contribution < 1.29 is 0 Å². The summed E-state index contributed by atoms with van der Waals surface area (Å²) in [5.74, 6) is 0.838. The summed E-state index contributed by atoms with van der Waals surface area (Å²) in [6.45, 7) is 0. The average molecular weight is 136 g/mol. The van der Waals surface area contributed by atoms with Crippen LogP contribution < -0.4 is 11.5 Å². The van der Waals surface area contributed by atoms with Crippen LogP contribution in [-0.2, 0) is 12.8 Å². The smallest absolute Gasteiger partial charge is 0.222 e. The second-order valence-electron chi connectivity index (χ2n) is 2.39. The summed E-state index contributed by atoms with van der Waals surface area (Å²) in [7, 11) is 0. The third-order valence-electron chi connectivity index (χ3n) is 1.75. The van der Waals surface area contributed by atoms with Gasteiger partial charge in [-0.2, -0.15) is 4.98 Å². The lowest BCUT2D eigenvalue weighted by Gasteiger charge is -2.18. The molecule has 1 aromatic rings. The third-order valence-corrected chi connectivity index (χ3v) is 1.75. The Kier molecular flexibility index (Phi) is 0.869. The number of hydrogen-bond donors (Lipinski definition) is 2. The molecular formula is C6H8N4. The Morgan fingerprint density at radius 1 is 1.10 bits per heavy atom. The maximum atomic E-state index is 5.54. The molecular weight excluding hydrogens is 128 g/mol. The molecule has 1 aromatic heterocycles. The van der Waals surface area contributed by atoms with Crippen LogP contribution in [0.1, 0.15) is 11.3 Å². The first-order chi connectivity index (χ1) is 4.77. The number of nitrogens with zero attached hydrogens (tertiary/aromatic N) is 2. The van der Waals surface area contributed by atoms with Crippen LogP contribution in [0.4, 0.5) is 11.8 Å². The molecule has 2 rings (SSSR count). The first-order valence-corrected chi connectivity index (χ1v) is 3.18. The first kappa shape index (κ1) is 5.46. The van der Waals surface area contributed by atoms with Gasteiger partial charge in [0.2, 0.25) is 5.95 Å². The SMILES string of the molecule is Nc1nc(N)c2c(n1)CC2. The van der Waals surface area contributed by atoms with E-state index < -0.39 is 0 Å². The first-order valence-electron chi connectivity index (χ1n) is 3.18. The van der Waals surface area contributed by atoms with Crippen LogP contribution in [0.3, 0.4) is 0 Å². The Morgan fingerprint density at radius 3 is 2.40 bits per heavy atom. The molecule has 0 radical (unpaired) electrons. The summed E-state index contributed by atoms with van der Waals surface area (Å²) in [4.78, 5) is 7.84. The second-order valence-corrected chi connectivity index (χ2v) is 2.39. The van der Waals surface area contributed by atoms with Crippen molar-refractivity contribution in [1.29, 1.82) is 0 Å². The van der Waals surface area contributed by atoms with Gasteiger partial charge >= 0.3 is 0 Å². The van der Waals surface area contributed by atoms with Gasteiger partial charge in [-0.3, -0.25) is 0 Å². The van der Waals surface area contributed by atoms with E-state index in [-0.39, 0.29) is 5.95 Å². The zero-order valence-corrected chi connectivity index (χ0v) is 5.46. The molecule has 4 heteroatoms. The zero-order chi connectivity index (χ0) is 7.14. The maximum Gasteiger partial charge on any atom is 0.222 e. The van der Waals surface area contributed by atoms with Crippen LogP contribution in [0.2, 0.25) is 0 Å². The average Bonchev–Trinajstić information content (AvgIpc) is 1.77. The van der Waals surface area contributed by atoms with Crippen LogP contribution in [0, 0.1) is 0 Å². The van der Waals surface area contributed by atoms with Gasteiger partial charge in [-0.1, -0.05) is 0 Å². The van der Waals surface area contributed by atoms with Gasteiger partial charge in [-0.15, -0.1) is 0 Å². The van der Waals surface area contributed by atoms with Gasteiger partial charge in [-0.05, 0) is 12.8 Å². The minimum atomic E-state index is 0.288. The Morgan fingerprint density at radius 2 is 1.90 bits per heavy atom. The second kappa shape index (κ2) is 1.59. The van der Waals surface area contributed by atoms with Crippen molar-refractivity contribution in [3.8, 4) is 0 Å². The highest BCUT2D eigenvalue weighted by Crippen LogP contribution is 2.25. The highest BCUT2D eigenvalue weighted by Gasteiger charge is 2.18. The summed E-state index contributed by atoms with van der Waals surface area (Å²) >= 11 is 0. The molecule has 0 saturated carbocycles. The highest BCUT2D eigenvalue weighted by atomic mass is 15.0. The lowest BCUT2D eigenvalue weighted by atomic mass is 9.95. The van der Waals surface area contributed by atoms with Crippen LogP contribution in [0.25, 0.3) is 0 Å². The maximum absolute atomic E-state index is 5.54. The van der Waals surface area contributed by atoms with Gasteiger partial charge in [0.05, 0.1) is 5.69 Å². The summed E-state index contributed by atoms with van der Waals surface area (Å²) in [6, 6.07) is 0. The molecule has 4 nitrogen and oxygen atoms in total. The van der Waals surface area contributed by atoms with Crippen molar-refractivity contribution in [2.45, 2.75) is 12.8 Å². The number of nitrogen functional groups attached to an aromatic ring is 2. The lowest BCUT2D eigenvalue weighted by Crippen LogP contribution is -2.17. The molecule has 0 bridgehead atoms. The van der Waals surface area contributed by atoms with E-state index in [0.717, 1.165) is 24.1 Å². The molecule has 0 saturated heterocycles. The number of aromatic nitrogens is 2. The van der Waals surface area contributed by atoms with Crippen LogP contribution in [0.5, 0.6) is 0 Å². The molecule has 0 unspecified atom stereocenters. The van der Waals surface area contributed by atoms with E-state index in [1.54, 1.807) is 0 Å². The standard InChI is InChI=1S/C6H8N4/c7-5-3-1-2-4(3)9-6(8)10-5/h1-2H2,(H4,7,8,9,10). The summed E-state index contributed by atoms with van der Waals surface area (Å²) < 4.78 is 0. The predicted octanol–water partition coefficient (Wildman–Crippen LogP) is -0.260. The van der Waals surface area contributed by atoms with Crippen molar-refractivity contribution in [3.05, 3.63) is 11.3 Å². The quantitative estimate of drug-likeness (QED) is 0.515. The molecule has 0 atom stereocenters. The van der Waals surface area contributed by atoms with E-state index in [1.165, 1.54) is 0 Å². The zero-order valence-electron chi connectivity index (χ0n) is 5.46. The van der Waals surface area contributed by atoms with E-state index in [0.29, 0.717) is 5.82 Å². The Hall–Kier alpha value is -1.32. The fourth-order valence-electron chi connectivity index (χ4n) is 1.12. The summed E-state index contributed by atoms with van der Waals surface area (Å²) in [5.41, 5.74) is 13.0. The van der Waals surface area contributed by atoms with Crippen molar-refractivity contribution in [2.24, 2.45) is 0 Å². The molecule has 1 aliphatic carbocycles. The van der Waals surface area contributed by atoms with E-state index >= 15 is 0 Å². The minimum Gasteiger partial charge on any atom is -0.383 e. The van der Waals surface area contributed by atoms with Crippen LogP contribution >= 0.6 is 0 Å². The molecule has 1 heterocycles. The Balaban J connectivity index is 2.63. The number of rotatable bonds is 0. The van der Waals surface area contributed by atoms with Gasteiger partial charge in [0, 0.05) is 5.56 Å². The monoisotopic (exact) mass is 136 g/mol. The Bertz CT molecular complexity index is 264. The molecule has 4 N–H and O–H groups in total. The van der Waals surface area contributed by atoms with Gasteiger partial charge in [-0.25, -0.2) is 4.98 Å². The molecule has 0 aliphatic heterocycles. The van der Waals surface area contributed by atoms with Crippen molar-refractivity contribution in [2.75, 3.05) is 11.5 Å². The molecule has 0 fully saturated rings. The van der Waals surface area contributed by atoms with Gasteiger partial charge in [0.15, 0.2) is 0 Å². The van der Waals surface area contributed by atoms with Gasteiger partial charge < -0.3 is 11.5 Å². The van der Waals surface area contributed by atoms with Crippen molar-refractivity contribution >= 4 is 11.8 Å². The van der Waals surface area contributed by atoms with Crippen LogP contribution in [-0.4, -0.2) is 9.97 Å². The van der Waals surface area contributed by atoms with Gasteiger partial charge in [0.1, 0.15) is 5.82 Å². The van der Waals surface area contributed by atoms with Crippen LogP contribution in [0.15, 0.2) is 0 Å². The molecule has 0 spiro atoms. The topological polar surface area (TPSA) is 77.8 Å². The largest absolute Gasteiger partial charge is 0.383 e. The van der Waals surface area contributed by atoms with Crippen molar-refractivity contribution in [1.82, 2.24) is 9.97 Å². The lowest BCUT2D eigenvalue weighted by molar-refractivity contribution is 0.782. The van der Waals surface area contributed by atoms with E-state index in [4.69, 9.17) is 11.5 Å². The van der Waals surface area contributed by atoms with E-state index in [2.05, 4.69) is 9.97 Å². The Labute approximate surface area is 58.3 Å². The van der Waals surface area contributed by atoms with Gasteiger partial charge in [0.25, 0.3) is 0 Å². The fourth-order valence-corrected chi connectivity index (χ4v) is 1.12.